The van der Waals surface area contributed by atoms with Crippen LogP contribution in [0, 0.1) is 0 Å². The van der Waals surface area contributed by atoms with Crippen LogP contribution in [0.4, 0.5) is 0 Å². The lowest BCUT2D eigenvalue weighted by atomic mass is 10.0. The molecule has 0 aliphatic heterocycles. The Hall–Kier alpha value is -1.85. The van der Waals surface area contributed by atoms with Crippen molar-refractivity contribution in [3.05, 3.63) is 65.7 Å². The minimum Gasteiger partial charge on any atom is -0.494 e. The molecule has 0 saturated heterocycles. The number of nitrogens with zero attached hydrogens (tertiary/aromatic N) is 1. The van der Waals surface area contributed by atoms with Crippen LogP contribution < -0.4 is 4.74 Å². The molecule has 1 unspecified atom stereocenters. The van der Waals surface area contributed by atoms with Gasteiger partial charge in [-0.05, 0) is 56.1 Å². The van der Waals surface area contributed by atoms with Gasteiger partial charge in [0, 0.05) is 6.54 Å². The molecule has 0 spiro atoms. The van der Waals surface area contributed by atoms with Gasteiger partial charge in [0.2, 0.25) is 0 Å². The van der Waals surface area contributed by atoms with E-state index in [2.05, 4.69) is 18.7 Å². The number of benzene rings is 2. The molecule has 0 aliphatic rings. The fourth-order valence-electron chi connectivity index (χ4n) is 3.64. The van der Waals surface area contributed by atoms with Gasteiger partial charge in [0.15, 0.2) is 9.84 Å². The maximum atomic E-state index is 13.6. The summed E-state index contributed by atoms with van der Waals surface area (Å²) >= 11 is 0. The Morgan fingerprint density at radius 3 is 2.07 bits per heavy atom. The summed E-state index contributed by atoms with van der Waals surface area (Å²) in [5.74, 6) is 0.859. The van der Waals surface area contributed by atoms with Crippen molar-refractivity contribution < 1.29 is 13.2 Å². The van der Waals surface area contributed by atoms with E-state index in [1.165, 1.54) is 0 Å². The highest BCUT2D eigenvalue weighted by Gasteiger charge is 2.29. The highest BCUT2D eigenvalue weighted by atomic mass is 32.2. The standard InChI is InChI=1S/C25H37NO3S/c1-4-7-17-26(18-8-5-2)19-20-30(27,28)25(22-13-10-9-11-14-22)23-15-12-16-24(21-23)29-6-3/h9-16,21,25H,4-8,17-20H2,1-3H3. The molecule has 0 amide bonds. The minimum absolute atomic E-state index is 0.152. The van der Waals surface area contributed by atoms with E-state index in [1.54, 1.807) is 0 Å². The lowest BCUT2D eigenvalue weighted by Gasteiger charge is -2.24. The van der Waals surface area contributed by atoms with Crippen LogP contribution in [0.5, 0.6) is 5.75 Å². The Morgan fingerprint density at radius 2 is 1.47 bits per heavy atom. The first-order valence-corrected chi connectivity index (χ1v) is 12.9. The molecule has 5 heteroatoms. The number of unbranched alkanes of at least 4 members (excludes halogenated alkanes) is 2. The van der Waals surface area contributed by atoms with Crippen molar-refractivity contribution in [3.8, 4) is 5.75 Å². The van der Waals surface area contributed by atoms with Crippen LogP contribution in [-0.4, -0.2) is 45.3 Å². The molecule has 2 aromatic rings. The van der Waals surface area contributed by atoms with E-state index in [1.807, 2.05) is 61.5 Å². The van der Waals surface area contributed by atoms with Crippen LogP contribution in [-0.2, 0) is 9.84 Å². The lowest BCUT2D eigenvalue weighted by Crippen LogP contribution is -2.33. The zero-order chi connectivity index (χ0) is 21.8. The monoisotopic (exact) mass is 431 g/mol. The van der Waals surface area contributed by atoms with Gasteiger partial charge < -0.3 is 9.64 Å². The highest BCUT2D eigenvalue weighted by Crippen LogP contribution is 2.33. The van der Waals surface area contributed by atoms with Crippen LogP contribution in [0.2, 0.25) is 0 Å². The Balaban J connectivity index is 2.29. The molecule has 0 aliphatic carbocycles. The molecule has 0 radical (unpaired) electrons. The average molecular weight is 432 g/mol. The van der Waals surface area contributed by atoms with Crippen LogP contribution in [0.15, 0.2) is 54.6 Å². The van der Waals surface area contributed by atoms with Crippen molar-refractivity contribution in [2.24, 2.45) is 0 Å². The van der Waals surface area contributed by atoms with Gasteiger partial charge in [0.25, 0.3) is 0 Å². The maximum absolute atomic E-state index is 13.6. The third-order valence-corrected chi connectivity index (χ3v) is 7.30. The van der Waals surface area contributed by atoms with Gasteiger partial charge in [-0.15, -0.1) is 0 Å². The second-order valence-electron chi connectivity index (χ2n) is 7.71. The molecular formula is C25H37NO3S. The SMILES string of the molecule is CCCCN(CCCC)CCS(=O)(=O)C(c1ccccc1)c1cccc(OCC)c1. The second kappa shape index (κ2) is 12.8. The Kier molecular flexibility index (Phi) is 10.4. The summed E-state index contributed by atoms with van der Waals surface area (Å²) in [6.07, 6.45) is 4.43. The van der Waals surface area contributed by atoms with Crippen molar-refractivity contribution in [3.63, 3.8) is 0 Å². The Morgan fingerprint density at radius 1 is 0.833 bits per heavy atom. The summed E-state index contributed by atoms with van der Waals surface area (Å²) in [7, 11) is -3.40. The van der Waals surface area contributed by atoms with E-state index >= 15 is 0 Å². The first kappa shape index (κ1) is 24.4. The Bertz CT molecular complexity index is 828. The van der Waals surface area contributed by atoms with Gasteiger partial charge in [-0.2, -0.15) is 0 Å². The average Bonchev–Trinajstić information content (AvgIpc) is 2.74. The maximum Gasteiger partial charge on any atom is 0.162 e. The van der Waals surface area contributed by atoms with Crippen molar-refractivity contribution >= 4 is 9.84 Å². The van der Waals surface area contributed by atoms with Crippen LogP contribution in [0.3, 0.4) is 0 Å². The number of sulfone groups is 1. The molecule has 4 nitrogen and oxygen atoms in total. The largest absolute Gasteiger partial charge is 0.494 e. The topological polar surface area (TPSA) is 46.6 Å². The fraction of sp³-hybridized carbons (Fsp3) is 0.520. The molecule has 0 N–H and O–H groups in total. The molecule has 2 aromatic carbocycles. The highest BCUT2D eigenvalue weighted by molar-refractivity contribution is 7.91. The first-order valence-electron chi connectivity index (χ1n) is 11.2. The number of rotatable bonds is 14. The molecule has 1 atom stereocenters. The first-order chi connectivity index (χ1) is 14.5. The Labute approximate surface area is 183 Å². The zero-order valence-corrected chi connectivity index (χ0v) is 19.5. The minimum atomic E-state index is -3.40. The van der Waals surface area contributed by atoms with Gasteiger partial charge in [0.05, 0.1) is 12.4 Å². The summed E-state index contributed by atoms with van der Waals surface area (Å²) in [6, 6.07) is 17.0. The van der Waals surface area contributed by atoms with Gasteiger partial charge in [0.1, 0.15) is 11.0 Å². The number of hydrogen-bond donors (Lipinski definition) is 0. The summed E-state index contributed by atoms with van der Waals surface area (Å²) in [4.78, 5) is 2.31. The number of ether oxygens (including phenoxy) is 1. The second-order valence-corrected chi connectivity index (χ2v) is 9.92. The van der Waals surface area contributed by atoms with Crippen molar-refractivity contribution in [2.75, 3.05) is 32.0 Å². The molecule has 30 heavy (non-hydrogen) atoms. The normalized spacial score (nSPS) is 12.8. The smallest absolute Gasteiger partial charge is 0.162 e. The van der Waals surface area contributed by atoms with Gasteiger partial charge in [-0.3, -0.25) is 0 Å². The van der Waals surface area contributed by atoms with E-state index < -0.39 is 15.1 Å². The van der Waals surface area contributed by atoms with E-state index in [-0.39, 0.29) is 5.75 Å². The molecule has 0 aromatic heterocycles. The molecule has 2 rings (SSSR count). The quantitative estimate of drug-likeness (QED) is 0.397. The van der Waals surface area contributed by atoms with Gasteiger partial charge in [-0.25, -0.2) is 8.42 Å². The molecule has 0 bridgehead atoms. The molecule has 0 heterocycles. The van der Waals surface area contributed by atoms with Crippen LogP contribution >= 0.6 is 0 Å². The lowest BCUT2D eigenvalue weighted by molar-refractivity contribution is 0.279. The van der Waals surface area contributed by atoms with Crippen LogP contribution in [0.1, 0.15) is 62.8 Å². The van der Waals surface area contributed by atoms with E-state index in [0.717, 1.165) is 49.9 Å². The fourth-order valence-corrected chi connectivity index (χ4v) is 5.52. The van der Waals surface area contributed by atoms with Crippen molar-refractivity contribution in [2.45, 2.75) is 51.7 Å². The molecule has 0 fully saturated rings. The molecule has 166 valence electrons. The van der Waals surface area contributed by atoms with Gasteiger partial charge in [-0.1, -0.05) is 69.2 Å². The van der Waals surface area contributed by atoms with E-state index in [0.29, 0.717) is 18.9 Å². The summed E-state index contributed by atoms with van der Waals surface area (Å²) in [5.41, 5.74) is 1.57. The van der Waals surface area contributed by atoms with Crippen molar-refractivity contribution in [1.82, 2.24) is 4.90 Å². The predicted octanol–water partition coefficient (Wildman–Crippen LogP) is 5.49. The van der Waals surface area contributed by atoms with Crippen LogP contribution in [0.25, 0.3) is 0 Å². The van der Waals surface area contributed by atoms with E-state index in [9.17, 15) is 8.42 Å². The third kappa shape index (κ3) is 7.44. The molecule has 0 saturated carbocycles. The predicted molar refractivity (Wildman–Crippen MR) is 126 cm³/mol. The number of hydrogen-bond acceptors (Lipinski definition) is 4. The van der Waals surface area contributed by atoms with Crippen molar-refractivity contribution in [1.29, 1.82) is 0 Å². The third-order valence-electron chi connectivity index (χ3n) is 5.28. The zero-order valence-electron chi connectivity index (χ0n) is 18.7. The summed E-state index contributed by atoms with van der Waals surface area (Å²) in [6.45, 7) is 9.33. The molecular weight excluding hydrogens is 394 g/mol. The summed E-state index contributed by atoms with van der Waals surface area (Å²) < 4.78 is 32.8. The summed E-state index contributed by atoms with van der Waals surface area (Å²) in [5, 5.41) is -0.682. The van der Waals surface area contributed by atoms with Gasteiger partial charge >= 0.3 is 0 Å². The van der Waals surface area contributed by atoms with E-state index in [4.69, 9.17) is 4.74 Å².